The first kappa shape index (κ1) is 8.64. The summed E-state index contributed by atoms with van der Waals surface area (Å²) in [7, 11) is 0. The van der Waals surface area contributed by atoms with Crippen molar-refractivity contribution < 1.29 is 13.9 Å². The van der Waals surface area contributed by atoms with Crippen molar-refractivity contribution in [1.82, 2.24) is 0 Å². The number of hydrogen-bond donors (Lipinski definition) is 1. The molecule has 1 heterocycles. The van der Waals surface area contributed by atoms with Crippen molar-refractivity contribution in [2.45, 2.75) is 13.3 Å². The Morgan fingerprint density at radius 3 is 3.17 bits per heavy atom. The molecule has 1 aromatic rings. The van der Waals surface area contributed by atoms with Gasteiger partial charge in [-0.1, -0.05) is 6.92 Å². The van der Waals surface area contributed by atoms with Gasteiger partial charge in [-0.15, -0.1) is 0 Å². The lowest BCUT2D eigenvalue weighted by Crippen LogP contribution is -2.13. The summed E-state index contributed by atoms with van der Waals surface area (Å²) in [5.41, 5.74) is 0. The number of rotatable bonds is 3. The highest BCUT2D eigenvalue weighted by atomic mass is 16.5. The molecule has 0 saturated heterocycles. The third-order valence-electron chi connectivity index (χ3n) is 1.18. The van der Waals surface area contributed by atoms with E-state index in [1.807, 2.05) is 6.92 Å². The van der Waals surface area contributed by atoms with E-state index in [4.69, 9.17) is 9.15 Å². The van der Waals surface area contributed by atoms with Crippen molar-refractivity contribution in [3.8, 4) is 0 Å². The number of carbonyl (C=O) groups is 1. The second kappa shape index (κ2) is 4.43. The summed E-state index contributed by atoms with van der Waals surface area (Å²) < 4.78 is 9.63. The highest BCUT2D eigenvalue weighted by Gasteiger charge is 2.02. The quantitative estimate of drug-likeness (QED) is 0.754. The van der Waals surface area contributed by atoms with Gasteiger partial charge in [0.2, 0.25) is 5.88 Å². The fourth-order valence-electron chi connectivity index (χ4n) is 0.681. The van der Waals surface area contributed by atoms with E-state index in [0.717, 1.165) is 6.42 Å². The van der Waals surface area contributed by atoms with Gasteiger partial charge in [-0.2, -0.15) is 0 Å². The lowest BCUT2D eigenvalue weighted by molar-refractivity contribution is 0.161. The number of carbonyl (C=O) groups excluding carboxylic acids is 1. The highest BCUT2D eigenvalue weighted by Crippen LogP contribution is 2.06. The number of anilines is 1. The van der Waals surface area contributed by atoms with Gasteiger partial charge in [0.15, 0.2) is 0 Å². The number of ether oxygens (including phenoxy) is 1. The minimum atomic E-state index is -0.480. The van der Waals surface area contributed by atoms with Crippen molar-refractivity contribution in [3.63, 3.8) is 0 Å². The Kier molecular flexibility index (Phi) is 3.19. The van der Waals surface area contributed by atoms with Crippen molar-refractivity contribution in [2.24, 2.45) is 0 Å². The predicted octanol–water partition coefficient (Wildman–Crippen LogP) is 2.24. The van der Waals surface area contributed by atoms with E-state index in [-0.39, 0.29) is 0 Å². The van der Waals surface area contributed by atoms with E-state index in [2.05, 4.69) is 5.32 Å². The Hall–Kier alpha value is -1.45. The van der Waals surface area contributed by atoms with Crippen molar-refractivity contribution >= 4 is 12.0 Å². The van der Waals surface area contributed by atoms with Gasteiger partial charge in [0.05, 0.1) is 12.9 Å². The van der Waals surface area contributed by atoms with Crippen LogP contribution >= 0.6 is 0 Å². The van der Waals surface area contributed by atoms with Gasteiger partial charge in [0.25, 0.3) is 0 Å². The van der Waals surface area contributed by atoms with E-state index < -0.39 is 6.09 Å². The SMILES string of the molecule is CCCOC(=O)Nc1ccco1. The molecule has 1 N–H and O–H groups in total. The van der Waals surface area contributed by atoms with Gasteiger partial charge in [-0.3, -0.25) is 5.32 Å². The summed E-state index contributed by atoms with van der Waals surface area (Å²) in [6, 6.07) is 3.34. The maximum absolute atomic E-state index is 10.9. The third kappa shape index (κ3) is 2.65. The van der Waals surface area contributed by atoms with Crippen LogP contribution in [0.25, 0.3) is 0 Å². The maximum atomic E-state index is 10.9. The van der Waals surface area contributed by atoms with Crippen LogP contribution in [0.2, 0.25) is 0 Å². The number of hydrogen-bond acceptors (Lipinski definition) is 3. The molecule has 0 aliphatic rings. The summed E-state index contributed by atoms with van der Waals surface area (Å²) in [5, 5.41) is 2.43. The first-order valence-corrected chi connectivity index (χ1v) is 3.80. The molecule has 1 amide bonds. The average Bonchev–Trinajstić information content (AvgIpc) is 2.53. The first-order valence-electron chi connectivity index (χ1n) is 3.80. The van der Waals surface area contributed by atoms with Gasteiger partial charge in [0, 0.05) is 6.07 Å². The van der Waals surface area contributed by atoms with Crippen LogP contribution in [0, 0.1) is 0 Å². The molecular weight excluding hydrogens is 158 g/mol. The molecule has 0 saturated carbocycles. The average molecular weight is 169 g/mol. The smallest absolute Gasteiger partial charge is 0.413 e. The summed E-state index contributed by atoms with van der Waals surface area (Å²) in [5.74, 6) is 0.399. The van der Waals surface area contributed by atoms with Crippen LogP contribution in [0.4, 0.5) is 10.7 Å². The van der Waals surface area contributed by atoms with Gasteiger partial charge in [0.1, 0.15) is 0 Å². The molecule has 12 heavy (non-hydrogen) atoms. The zero-order valence-electron chi connectivity index (χ0n) is 6.87. The predicted molar refractivity (Wildman–Crippen MR) is 44.0 cm³/mol. The Morgan fingerprint density at radius 1 is 1.75 bits per heavy atom. The number of amides is 1. The Morgan fingerprint density at radius 2 is 2.58 bits per heavy atom. The minimum absolute atomic E-state index is 0.399. The van der Waals surface area contributed by atoms with Crippen molar-refractivity contribution in [1.29, 1.82) is 0 Å². The van der Waals surface area contributed by atoms with Crippen molar-refractivity contribution in [2.75, 3.05) is 11.9 Å². The van der Waals surface area contributed by atoms with Gasteiger partial charge < -0.3 is 9.15 Å². The minimum Gasteiger partial charge on any atom is -0.449 e. The third-order valence-corrected chi connectivity index (χ3v) is 1.18. The molecule has 4 nitrogen and oxygen atoms in total. The lowest BCUT2D eigenvalue weighted by atomic mass is 10.5. The normalized spacial score (nSPS) is 9.42. The van der Waals surface area contributed by atoms with Gasteiger partial charge in [-0.05, 0) is 12.5 Å². The zero-order valence-corrected chi connectivity index (χ0v) is 6.87. The molecule has 1 aromatic heterocycles. The molecule has 0 fully saturated rings. The molecule has 66 valence electrons. The van der Waals surface area contributed by atoms with Crippen LogP contribution in [-0.4, -0.2) is 12.7 Å². The largest absolute Gasteiger partial charge is 0.449 e. The molecule has 4 heteroatoms. The van der Waals surface area contributed by atoms with Gasteiger partial charge >= 0.3 is 6.09 Å². The number of nitrogens with one attached hydrogen (secondary N) is 1. The molecule has 0 radical (unpaired) electrons. The molecule has 0 bridgehead atoms. The fourth-order valence-corrected chi connectivity index (χ4v) is 0.681. The van der Waals surface area contributed by atoms with E-state index in [1.54, 1.807) is 12.1 Å². The molecule has 0 aromatic carbocycles. The summed E-state index contributed by atoms with van der Waals surface area (Å²) in [6.07, 6.45) is 1.81. The summed E-state index contributed by atoms with van der Waals surface area (Å²) >= 11 is 0. The van der Waals surface area contributed by atoms with Crippen LogP contribution < -0.4 is 5.32 Å². The fraction of sp³-hybridized carbons (Fsp3) is 0.375. The Bertz CT molecular complexity index is 230. The monoisotopic (exact) mass is 169 g/mol. The zero-order chi connectivity index (χ0) is 8.81. The molecule has 0 atom stereocenters. The Labute approximate surface area is 70.5 Å². The highest BCUT2D eigenvalue weighted by molar-refractivity contribution is 5.82. The van der Waals surface area contributed by atoms with E-state index in [0.29, 0.717) is 12.5 Å². The standard InChI is InChI=1S/C8H11NO3/c1-2-5-12-8(10)9-7-4-3-6-11-7/h3-4,6H,2,5H2,1H3,(H,9,10). The second-order valence-corrected chi connectivity index (χ2v) is 2.24. The number of furan rings is 1. The van der Waals surface area contributed by atoms with E-state index >= 15 is 0 Å². The molecule has 0 aliphatic heterocycles. The summed E-state index contributed by atoms with van der Waals surface area (Å²) in [6.45, 7) is 2.35. The molecular formula is C8H11NO3. The molecule has 1 rings (SSSR count). The van der Waals surface area contributed by atoms with Crippen LogP contribution in [0.15, 0.2) is 22.8 Å². The van der Waals surface area contributed by atoms with Gasteiger partial charge in [-0.25, -0.2) is 4.79 Å². The van der Waals surface area contributed by atoms with E-state index in [1.165, 1.54) is 6.26 Å². The van der Waals surface area contributed by atoms with Crippen LogP contribution in [-0.2, 0) is 4.74 Å². The molecule has 0 unspecified atom stereocenters. The van der Waals surface area contributed by atoms with Crippen LogP contribution in [0.3, 0.4) is 0 Å². The van der Waals surface area contributed by atoms with Crippen LogP contribution in [0.1, 0.15) is 13.3 Å². The first-order chi connectivity index (χ1) is 5.83. The Balaban J connectivity index is 2.27. The van der Waals surface area contributed by atoms with Crippen LogP contribution in [0.5, 0.6) is 0 Å². The van der Waals surface area contributed by atoms with Crippen molar-refractivity contribution in [3.05, 3.63) is 18.4 Å². The molecule has 0 aliphatic carbocycles. The summed E-state index contributed by atoms with van der Waals surface area (Å²) in [4.78, 5) is 10.9. The molecule has 0 spiro atoms. The topological polar surface area (TPSA) is 51.5 Å². The lowest BCUT2D eigenvalue weighted by Gasteiger charge is -2.01. The van der Waals surface area contributed by atoms with E-state index in [9.17, 15) is 4.79 Å². The second-order valence-electron chi connectivity index (χ2n) is 2.24. The maximum Gasteiger partial charge on any atom is 0.413 e.